The Balaban J connectivity index is 1.88. The minimum absolute atomic E-state index is 0.260. The number of ether oxygens (including phenoxy) is 1. The summed E-state index contributed by atoms with van der Waals surface area (Å²) in [6.45, 7) is 1.80. The minimum Gasteiger partial charge on any atom is -0.497 e. The summed E-state index contributed by atoms with van der Waals surface area (Å²) in [4.78, 5) is 29.5. The molecule has 3 aromatic rings. The largest absolute Gasteiger partial charge is 0.497 e. The summed E-state index contributed by atoms with van der Waals surface area (Å²) in [6.07, 6.45) is 0. The first-order chi connectivity index (χ1) is 13.5. The lowest BCUT2D eigenvalue weighted by molar-refractivity contribution is 0.102. The van der Waals surface area contributed by atoms with E-state index < -0.39 is 11.8 Å². The van der Waals surface area contributed by atoms with Crippen molar-refractivity contribution in [2.24, 2.45) is 0 Å². The molecule has 0 aliphatic heterocycles. The second kappa shape index (κ2) is 8.54. The zero-order chi connectivity index (χ0) is 20.1. The van der Waals surface area contributed by atoms with Crippen LogP contribution in [0.4, 0.5) is 11.4 Å². The molecule has 0 saturated carbocycles. The van der Waals surface area contributed by atoms with Crippen LogP contribution in [0.3, 0.4) is 0 Å². The van der Waals surface area contributed by atoms with Crippen LogP contribution in [-0.2, 0) is 0 Å². The Morgan fingerprint density at radius 3 is 2.39 bits per heavy atom. The molecular formula is C21H18ClN3O3. The fraction of sp³-hybridized carbons (Fsp3) is 0.0952. The molecule has 28 heavy (non-hydrogen) atoms. The molecule has 0 atom stereocenters. The monoisotopic (exact) mass is 395 g/mol. The van der Waals surface area contributed by atoms with Crippen LogP contribution < -0.4 is 15.4 Å². The molecule has 0 aliphatic rings. The standard InChI is InChI=1S/C21H18ClN3O3/c1-13-4-3-5-19(23-13)21(27)25-18-11-10-16(28-2)12-17(18)20(26)24-15-8-6-14(22)7-9-15/h3-12H,1-2H3,(H,24,26)(H,25,27). The first kappa shape index (κ1) is 19.4. The minimum atomic E-state index is -0.408. The van der Waals surface area contributed by atoms with Crippen molar-refractivity contribution in [1.29, 1.82) is 0 Å². The SMILES string of the molecule is COc1ccc(NC(=O)c2cccc(C)n2)c(C(=O)Nc2ccc(Cl)cc2)c1. The lowest BCUT2D eigenvalue weighted by atomic mass is 10.1. The van der Waals surface area contributed by atoms with Gasteiger partial charge in [0.05, 0.1) is 18.4 Å². The smallest absolute Gasteiger partial charge is 0.274 e. The van der Waals surface area contributed by atoms with Gasteiger partial charge in [-0.3, -0.25) is 9.59 Å². The number of carbonyl (C=O) groups is 2. The van der Waals surface area contributed by atoms with Crippen molar-refractivity contribution < 1.29 is 14.3 Å². The van der Waals surface area contributed by atoms with Crippen molar-refractivity contribution in [3.63, 3.8) is 0 Å². The van der Waals surface area contributed by atoms with Crippen molar-refractivity contribution in [2.45, 2.75) is 6.92 Å². The number of benzene rings is 2. The number of amides is 2. The second-order valence-corrected chi connectivity index (χ2v) is 6.43. The molecule has 0 spiro atoms. The van der Waals surface area contributed by atoms with Crippen LogP contribution in [-0.4, -0.2) is 23.9 Å². The van der Waals surface area contributed by atoms with E-state index >= 15 is 0 Å². The molecule has 0 fully saturated rings. The molecule has 2 amide bonds. The van der Waals surface area contributed by atoms with Crippen LogP contribution in [0.1, 0.15) is 26.5 Å². The van der Waals surface area contributed by atoms with Gasteiger partial charge in [-0.25, -0.2) is 4.98 Å². The Kier molecular flexibility index (Phi) is 5.91. The predicted octanol–water partition coefficient (Wildman–Crippen LogP) is 4.56. The van der Waals surface area contributed by atoms with Gasteiger partial charge in [0, 0.05) is 16.4 Å². The third-order valence-electron chi connectivity index (χ3n) is 3.94. The normalized spacial score (nSPS) is 10.2. The maximum atomic E-state index is 12.8. The summed E-state index contributed by atoms with van der Waals surface area (Å²) in [5.41, 5.74) is 2.17. The fourth-order valence-electron chi connectivity index (χ4n) is 2.53. The van der Waals surface area contributed by atoms with Gasteiger partial charge in [0.1, 0.15) is 11.4 Å². The van der Waals surface area contributed by atoms with Crippen LogP contribution in [0.25, 0.3) is 0 Å². The van der Waals surface area contributed by atoms with Crippen molar-refractivity contribution in [2.75, 3.05) is 17.7 Å². The van der Waals surface area contributed by atoms with Crippen molar-refractivity contribution >= 4 is 34.8 Å². The maximum absolute atomic E-state index is 12.8. The van der Waals surface area contributed by atoms with Gasteiger partial charge in [0.2, 0.25) is 0 Å². The van der Waals surface area contributed by atoms with E-state index in [2.05, 4.69) is 15.6 Å². The number of nitrogens with zero attached hydrogens (tertiary/aromatic N) is 1. The van der Waals surface area contributed by atoms with Gasteiger partial charge in [-0.1, -0.05) is 17.7 Å². The summed E-state index contributed by atoms with van der Waals surface area (Å²) < 4.78 is 5.21. The number of nitrogens with one attached hydrogen (secondary N) is 2. The van der Waals surface area contributed by atoms with Crippen molar-refractivity contribution in [1.82, 2.24) is 4.98 Å². The van der Waals surface area contributed by atoms with E-state index in [1.54, 1.807) is 67.6 Å². The Labute approximate surface area is 167 Å². The summed E-state index contributed by atoms with van der Waals surface area (Å²) in [6, 6.07) is 16.7. The van der Waals surface area contributed by atoms with E-state index in [-0.39, 0.29) is 11.3 Å². The molecule has 1 aromatic heterocycles. The van der Waals surface area contributed by atoms with Crippen LogP contribution >= 0.6 is 11.6 Å². The first-order valence-corrected chi connectivity index (χ1v) is 8.84. The zero-order valence-corrected chi connectivity index (χ0v) is 16.1. The molecule has 2 N–H and O–H groups in total. The lowest BCUT2D eigenvalue weighted by Gasteiger charge is -2.13. The van der Waals surface area contributed by atoms with Crippen LogP contribution in [0.15, 0.2) is 60.7 Å². The number of aromatic nitrogens is 1. The second-order valence-electron chi connectivity index (χ2n) is 5.99. The summed E-state index contributed by atoms with van der Waals surface area (Å²) >= 11 is 5.87. The van der Waals surface area contributed by atoms with Crippen LogP contribution in [0.5, 0.6) is 5.75 Å². The maximum Gasteiger partial charge on any atom is 0.274 e. The third kappa shape index (κ3) is 4.66. The lowest BCUT2D eigenvalue weighted by Crippen LogP contribution is -2.19. The predicted molar refractivity (Wildman–Crippen MR) is 109 cm³/mol. The number of aryl methyl sites for hydroxylation is 1. The number of hydrogen-bond acceptors (Lipinski definition) is 4. The quantitative estimate of drug-likeness (QED) is 0.663. The molecule has 6 nitrogen and oxygen atoms in total. The number of pyridine rings is 1. The molecule has 1 heterocycles. The van der Waals surface area contributed by atoms with Crippen molar-refractivity contribution in [3.05, 3.63) is 82.6 Å². The molecule has 2 aromatic carbocycles. The number of carbonyl (C=O) groups excluding carboxylic acids is 2. The highest BCUT2D eigenvalue weighted by Gasteiger charge is 2.17. The number of methoxy groups -OCH3 is 1. The molecule has 0 saturated heterocycles. The average Bonchev–Trinajstić information content (AvgIpc) is 2.70. The number of anilines is 2. The van der Waals surface area contributed by atoms with Gasteiger partial charge in [-0.05, 0) is 61.5 Å². The summed E-state index contributed by atoms with van der Waals surface area (Å²) in [5.74, 6) is -0.309. The molecule has 142 valence electrons. The topological polar surface area (TPSA) is 80.3 Å². The van der Waals surface area contributed by atoms with Crippen LogP contribution in [0, 0.1) is 6.92 Å². The zero-order valence-electron chi connectivity index (χ0n) is 15.3. The van der Waals surface area contributed by atoms with E-state index in [1.165, 1.54) is 7.11 Å². The number of halogens is 1. The van der Waals surface area contributed by atoms with Crippen molar-refractivity contribution in [3.8, 4) is 5.75 Å². The van der Waals surface area contributed by atoms with Gasteiger partial charge in [-0.2, -0.15) is 0 Å². The van der Waals surface area contributed by atoms with Gasteiger partial charge in [0.15, 0.2) is 0 Å². The van der Waals surface area contributed by atoms with E-state index in [0.717, 1.165) is 5.69 Å². The highest BCUT2D eigenvalue weighted by molar-refractivity contribution is 6.30. The Bertz CT molecular complexity index is 1020. The molecule has 0 bridgehead atoms. The molecule has 0 unspecified atom stereocenters. The number of hydrogen-bond donors (Lipinski definition) is 2. The molecule has 0 radical (unpaired) electrons. The highest BCUT2D eigenvalue weighted by atomic mass is 35.5. The molecule has 0 aliphatic carbocycles. The van der Waals surface area contributed by atoms with Gasteiger partial charge in [-0.15, -0.1) is 0 Å². The summed E-state index contributed by atoms with van der Waals surface area (Å²) in [7, 11) is 1.51. The molecule has 7 heteroatoms. The van der Waals surface area contributed by atoms with E-state index in [4.69, 9.17) is 16.3 Å². The third-order valence-corrected chi connectivity index (χ3v) is 4.19. The summed E-state index contributed by atoms with van der Waals surface area (Å²) in [5, 5.41) is 6.09. The highest BCUT2D eigenvalue weighted by Crippen LogP contribution is 2.24. The first-order valence-electron chi connectivity index (χ1n) is 8.46. The van der Waals surface area contributed by atoms with Gasteiger partial charge >= 0.3 is 0 Å². The van der Waals surface area contributed by atoms with Gasteiger partial charge in [0.25, 0.3) is 11.8 Å². The van der Waals surface area contributed by atoms with E-state index in [1.807, 2.05) is 0 Å². The fourth-order valence-corrected chi connectivity index (χ4v) is 2.66. The van der Waals surface area contributed by atoms with E-state index in [9.17, 15) is 9.59 Å². The molecular weight excluding hydrogens is 378 g/mol. The van der Waals surface area contributed by atoms with E-state index in [0.29, 0.717) is 22.1 Å². The Morgan fingerprint density at radius 1 is 0.964 bits per heavy atom. The Morgan fingerprint density at radius 2 is 1.71 bits per heavy atom. The van der Waals surface area contributed by atoms with Gasteiger partial charge < -0.3 is 15.4 Å². The Hall–Kier alpha value is -3.38. The number of rotatable bonds is 5. The van der Waals surface area contributed by atoms with Crippen LogP contribution in [0.2, 0.25) is 5.02 Å². The molecule has 3 rings (SSSR count). The average molecular weight is 396 g/mol.